The van der Waals surface area contributed by atoms with E-state index in [4.69, 9.17) is 14.2 Å². The zero-order valence-electron chi connectivity index (χ0n) is 16.3. The summed E-state index contributed by atoms with van der Waals surface area (Å²) in [5.41, 5.74) is 0. The monoisotopic (exact) mass is 401 g/mol. The van der Waals surface area contributed by atoms with Crippen molar-refractivity contribution in [3.05, 3.63) is 24.3 Å². The van der Waals surface area contributed by atoms with Gasteiger partial charge in [-0.3, -0.25) is 9.69 Å². The number of esters is 3. The summed E-state index contributed by atoms with van der Waals surface area (Å²) in [5, 5.41) is 0. The molecule has 0 spiro atoms. The lowest BCUT2D eigenvalue weighted by atomic mass is 10.3. The van der Waals surface area contributed by atoms with E-state index >= 15 is 0 Å². The average molecular weight is 401 g/mol. The van der Waals surface area contributed by atoms with Gasteiger partial charge in [-0.25, -0.2) is 14.4 Å². The number of nitrogens with zero attached hydrogens (tertiary/aromatic N) is 1. The summed E-state index contributed by atoms with van der Waals surface area (Å²) in [6.07, 6.45) is 3.56. The fourth-order valence-electron chi connectivity index (χ4n) is 1.94. The predicted molar refractivity (Wildman–Crippen MR) is 97.4 cm³/mol. The van der Waals surface area contributed by atoms with E-state index in [1.807, 2.05) is 4.90 Å². The first kappa shape index (κ1) is 25.4. The van der Waals surface area contributed by atoms with Crippen molar-refractivity contribution in [2.45, 2.75) is 6.10 Å². The van der Waals surface area contributed by atoms with Gasteiger partial charge in [0.15, 0.2) is 0 Å². The molecule has 158 valence electrons. The number of aldehydes is 1. The van der Waals surface area contributed by atoms with Gasteiger partial charge in [0, 0.05) is 52.1 Å². The largest absolute Gasteiger partial charge is 0.466 e. The first-order chi connectivity index (χ1) is 13.5. The van der Waals surface area contributed by atoms with Gasteiger partial charge in [0.25, 0.3) is 0 Å². The molecule has 0 aromatic rings. The summed E-state index contributed by atoms with van der Waals surface area (Å²) in [6.45, 7) is 2.59. The van der Waals surface area contributed by atoms with Crippen LogP contribution in [0.1, 0.15) is 0 Å². The van der Waals surface area contributed by atoms with E-state index in [1.165, 1.54) is 7.11 Å². The Morgan fingerprint density at radius 3 is 2.18 bits per heavy atom. The SMILES string of the molecule is COC.COC(=O)/C=C/C(=O)O[C@H](COC(=O)/C=C/C=O)CN1CCOCC1. The highest BCUT2D eigenvalue weighted by molar-refractivity contribution is 5.91. The molecule has 0 N–H and O–H groups in total. The second-order valence-corrected chi connectivity index (χ2v) is 5.36. The lowest BCUT2D eigenvalue weighted by molar-refractivity contribution is -0.154. The Bertz CT molecular complexity index is 539. The minimum Gasteiger partial charge on any atom is -0.466 e. The molecule has 1 atom stereocenters. The molecule has 1 rings (SSSR count). The van der Waals surface area contributed by atoms with Crippen LogP contribution in [0.25, 0.3) is 0 Å². The minimum absolute atomic E-state index is 0.183. The van der Waals surface area contributed by atoms with Gasteiger partial charge in [-0.1, -0.05) is 0 Å². The third kappa shape index (κ3) is 13.6. The average Bonchev–Trinajstić information content (AvgIpc) is 2.70. The summed E-state index contributed by atoms with van der Waals surface area (Å²) in [5.74, 6) is -2.17. The maximum Gasteiger partial charge on any atom is 0.331 e. The molecule has 0 aliphatic carbocycles. The van der Waals surface area contributed by atoms with Crippen LogP contribution in [0.3, 0.4) is 0 Å². The number of ether oxygens (including phenoxy) is 5. The van der Waals surface area contributed by atoms with Crippen molar-refractivity contribution < 1.29 is 42.9 Å². The van der Waals surface area contributed by atoms with Gasteiger partial charge < -0.3 is 23.7 Å². The summed E-state index contributed by atoms with van der Waals surface area (Å²) in [4.78, 5) is 46.4. The van der Waals surface area contributed by atoms with Crippen molar-refractivity contribution in [3.63, 3.8) is 0 Å². The number of hydrogen-bond donors (Lipinski definition) is 0. The topological polar surface area (TPSA) is 118 Å². The highest BCUT2D eigenvalue weighted by Crippen LogP contribution is 2.04. The van der Waals surface area contributed by atoms with Crippen LogP contribution >= 0.6 is 0 Å². The molecule has 0 bridgehead atoms. The Labute approximate surface area is 164 Å². The molecule has 0 radical (unpaired) electrons. The van der Waals surface area contributed by atoms with Crippen molar-refractivity contribution in [1.82, 2.24) is 4.90 Å². The molecule has 1 aliphatic rings. The van der Waals surface area contributed by atoms with E-state index in [0.29, 0.717) is 39.1 Å². The highest BCUT2D eigenvalue weighted by Gasteiger charge is 2.21. The molecule has 10 nitrogen and oxygen atoms in total. The fraction of sp³-hybridized carbons (Fsp3) is 0.556. The van der Waals surface area contributed by atoms with E-state index in [-0.39, 0.29) is 6.61 Å². The van der Waals surface area contributed by atoms with Crippen LogP contribution in [0.5, 0.6) is 0 Å². The second kappa shape index (κ2) is 16.6. The zero-order chi connectivity index (χ0) is 21.2. The Hall–Kier alpha value is -2.56. The Morgan fingerprint density at radius 2 is 1.61 bits per heavy atom. The Balaban J connectivity index is 0.00000227. The third-order valence-electron chi connectivity index (χ3n) is 3.13. The van der Waals surface area contributed by atoms with Crippen LogP contribution in [-0.4, -0.2) is 96.0 Å². The fourth-order valence-corrected chi connectivity index (χ4v) is 1.94. The summed E-state index contributed by atoms with van der Waals surface area (Å²) in [7, 11) is 4.44. The van der Waals surface area contributed by atoms with Gasteiger partial charge in [0.05, 0.1) is 20.3 Å². The standard InChI is InChI=1S/C16H21NO8.C2H6O/c1-22-14(19)4-5-16(21)25-13(11-17-6-9-23-10-7-17)12-24-15(20)3-2-8-18;1-3-2/h2-5,8,13H,6-7,9-12H2,1H3;1-2H3/b3-2+,5-4+;/t13-;/m0./s1. The molecule has 10 heteroatoms. The predicted octanol–water partition coefficient (Wildman–Crippen LogP) is -0.479. The molecule has 0 saturated carbocycles. The molecular weight excluding hydrogens is 374 g/mol. The lowest BCUT2D eigenvalue weighted by Crippen LogP contribution is -2.43. The van der Waals surface area contributed by atoms with Crippen molar-refractivity contribution in [3.8, 4) is 0 Å². The van der Waals surface area contributed by atoms with Gasteiger partial charge >= 0.3 is 17.9 Å². The number of methoxy groups -OCH3 is 2. The first-order valence-electron chi connectivity index (χ1n) is 8.42. The smallest absolute Gasteiger partial charge is 0.331 e. The molecule has 28 heavy (non-hydrogen) atoms. The number of rotatable bonds is 9. The van der Waals surface area contributed by atoms with Crippen LogP contribution in [0.15, 0.2) is 24.3 Å². The van der Waals surface area contributed by atoms with E-state index in [0.717, 1.165) is 24.3 Å². The number of allylic oxidation sites excluding steroid dienone is 1. The molecule has 0 aromatic carbocycles. The maximum absolute atomic E-state index is 11.8. The van der Waals surface area contributed by atoms with Gasteiger partial charge in [-0.15, -0.1) is 0 Å². The summed E-state index contributed by atoms with van der Waals surface area (Å²) >= 11 is 0. The molecule has 1 fully saturated rings. The van der Waals surface area contributed by atoms with E-state index in [2.05, 4.69) is 9.47 Å². The summed E-state index contributed by atoms with van der Waals surface area (Å²) in [6, 6.07) is 0. The van der Waals surface area contributed by atoms with Crippen molar-refractivity contribution in [1.29, 1.82) is 0 Å². The quantitative estimate of drug-likeness (QED) is 0.217. The van der Waals surface area contributed by atoms with Gasteiger partial charge in [0.1, 0.15) is 19.0 Å². The molecule has 1 saturated heterocycles. The van der Waals surface area contributed by atoms with E-state index in [1.54, 1.807) is 14.2 Å². The van der Waals surface area contributed by atoms with Crippen LogP contribution in [0.2, 0.25) is 0 Å². The van der Waals surface area contributed by atoms with Gasteiger partial charge in [0.2, 0.25) is 0 Å². The van der Waals surface area contributed by atoms with Crippen LogP contribution in [0.4, 0.5) is 0 Å². The second-order valence-electron chi connectivity index (χ2n) is 5.36. The van der Waals surface area contributed by atoms with Crippen LogP contribution < -0.4 is 0 Å². The highest BCUT2D eigenvalue weighted by atomic mass is 16.6. The number of carbonyl (C=O) groups excluding carboxylic acids is 4. The van der Waals surface area contributed by atoms with Crippen LogP contribution in [0, 0.1) is 0 Å². The minimum atomic E-state index is -0.761. The van der Waals surface area contributed by atoms with Gasteiger partial charge in [-0.05, 0) is 6.08 Å². The van der Waals surface area contributed by atoms with Crippen molar-refractivity contribution in [2.75, 3.05) is 60.8 Å². The molecule has 1 aliphatic heterocycles. The summed E-state index contributed by atoms with van der Waals surface area (Å²) < 4.78 is 24.1. The molecule has 1 heterocycles. The Morgan fingerprint density at radius 1 is 1.00 bits per heavy atom. The van der Waals surface area contributed by atoms with Crippen molar-refractivity contribution in [2.24, 2.45) is 0 Å². The molecule has 0 aromatic heterocycles. The molecular formula is C18H27NO9. The number of hydrogen-bond acceptors (Lipinski definition) is 10. The Kier molecular flexibility index (Phi) is 15.1. The van der Waals surface area contributed by atoms with Gasteiger partial charge in [-0.2, -0.15) is 0 Å². The maximum atomic E-state index is 11.8. The molecule has 0 unspecified atom stereocenters. The number of morpholine rings is 1. The lowest BCUT2D eigenvalue weighted by Gasteiger charge is -2.29. The number of carbonyl (C=O) groups is 4. The van der Waals surface area contributed by atoms with Crippen molar-refractivity contribution >= 4 is 24.2 Å². The zero-order valence-corrected chi connectivity index (χ0v) is 16.3. The van der Waals surface area contributed by atoms with E-state index < -0.39 is 24.0 Å². The normalized spacial score (nSPS) is 15.4. The first-order valence-corrected chi connectivity index (χ1v) is 8.42. The third-order valence-corrected chi connectivity index (χ3v) is 3.13. The van der Waals surface area contributed by atoms with E-state index in [9.17, 15) is 19.2 Å². The molecule has 0 amide bonds. The van der Waals surface area contributed by atoms with Crippen LogP contribution in [-0.2, 0) is 42.9 Å².